The normalized spacial score (nSPS) is 10.8. The van der Waals surface area contributed by atoms with Crippen LogP contribution in [0.2, 0.25) is 0 Å². The van der Waals surface area contributed by atoms with Gasteiger partial charge in [-0.05, 0) is 18.2 Å². The number of rotatable bonds is 3. The molecule has 1 heterocycles. The molecule has 0 unspecified atom stereocenters. The number of halogens is 2. The van der Waals surface area contributed by atoms with Gasteiger partial charge in [0, 0.05) is 15.4 Å². The monoisotopic (exact) mass is 360 g/mol. The zero-order valence-corrected chi connectivity index (χ0v) is 12.9. The van der Waals surface area contributed by atoms with Crippen LogP contribution in [0.4, 0.5) is 4.39 Å². The molecular formula is C16H10BrFN2O2. The number of carbonyl (C=O) groups excluding carboxylic acids is 1. The first-order valence-corrected chi connectivity index (χ1v) is 7.28. The standard InChI is InChI=1S/C16H10BrFN2O2/c17-11-6-5-10(14(18)7-11)8-20-16(22)13-4-2-1-3-12(13)15(9-21)19-20/h1-7,9H,8H2. The van der Waals surface area contributed by atoms with E-state index in [0.29, 0.717) is 27.1 Å². The largest absolute Gasteiger partial charge is 0.296 e. The predicted molar refractivity (Wildman–Crippen MR) is 84.6 cm³/mol. The zero-order chi connectivity index (χ0) is 15.7. The van der Waals surface area contributed by atoms with Gasteiger partial charge in [-0.3, -0.25) is 9.59 Å². The van der Waals surface area contributed by atoms with Crippen molar-refractivity contribution in [1.82, 2.24) is 9.78 Å². The molecule has 0 atom stereocenters. The average molecular weight is 361 g/mol. The number of aromatic nitrogens is 2. The van der Waals surface area contributed by atoms with Crippen molar-refractivity contribution in [1.29, 1.82) is 0 Å². The maximum atomic E-state index is 13.9. The van der Waals surface area contributed by atoms with Crippen LogP contribution in [0.1, 0.15) is 16.1 Å². The molecule has 0 aliphatic rings. The highest BCUT2D eigenvalue weighted by Gasteiger charge is 2.11. The van der Waals surface area contributed by atoms with Gasteiger partial charge in [-0.25, -0.2) is 9.07 Å². The lowest BCUT2D eigenvalue weighted by Crippen LogP contribution is -2.25. The van der Waals surface area contributed by atoms with E-state index in [2.05, 4.69) is 21.0 Å². The van der Waals surface area contributed by atoms with Crippen LogP contribution in [0.5, 0.6) is 0 Å². The van der Waals surface area contributed by atoms with Gasteiger partial charge in [0.2, 0.25) is 0 Å². The Morgan fingerprint density at radius 2 is 1.91 bits per heavy atom. The van der Waals surface area contributed by atoms with Crippen LogP contribution in [0.3, 0.4) is 0 Å². The SMILES string of the molecule is O=Cc1nn(Cc2ccc(Br)cc2F)c(=O)c2ccccc12. The fourth-order valence-corrected chi connectivity index (χ4v) is 2.60. The summed E-state index contributed by atoms with van der Waals surface area (Å²) in [6, 6.07) is 11.3. The summed E-state index contributed by atoms with van der Waals surface area (Å²) in [6.45, 7) is -0.0381. The lowest BCUT2D eigenvalue weighted by Gasteiger charge is -2.09. The van der Waals surface area contributed by atoms with E-state index >= 15 is 0 Å². The molecule has 3 rings (SSSR count). The maximum Gasteiger partial charge on any atom is 0.274 e. The zero-order valence-electron chi connectivity index (χ0n) is 11.3. The molecule has 22 heavy (non-hydrogen) atoms. The maximum absolute atomic E-state index is 13.9. The van der Waals surface area contributed by atoms with Crippen LogP contribution in [-0.4, -0.2) is 16.1 Å². The van der Waals surface area contributed by atoms with Crippen molar-refractivity contribution in [3.63, 3.8) is 0 Å². The Hall–Kier alpha value is -2.34. The number of fused-ring (bicyclic) bond motifs is 1. The second-order valence-electron chi connectivity index (χ2n) is 4.75. The summed E-state index contributed by atoms with van der Waals surface area (Å²) >= 11 is 3.18. The first-order valence-electron chi connectivity index (χ1n) is 6.49. The first kappa shape index (κ1) is 14.6. The third-order valence-corrected chi connectivity index (χ3v) is 3.84. The Labute approximate surface area is 133 Å². The van der Waals surface area contributed by atoms with Crippen LogP contribution < -0.4 is 5.56 Å². The molecule has 0 amide bonds. The van der Waals surface area contributed by atoms with Gasteiger partial charge in [0.25, 0.3) is 5.56 Å². The molecule has 110 valence electrons. The second kappa shape index (κ2) is 5.81. The highest BCUT2D eigenvalue weighted by Crippen LogP contribution is 2.17. The number of nitrogens with zero attached hydrogens (tertiary/aromatic N) is 2. The van der Waals surface area contributed by atoms with E-state index in [9.17, 15) is 14.0 Å². The molecule has 4 nitrogen and oxygen atoms in total. The van der Waals surface area contributed by atoms with Crippen LogP contribution in [-0.2, 0) is 6.54 Å². The van der Waals surface area contributed by atoms with E-state index in [1.807, 2.05) is 0 Å². The van der Waals surface area contributed by atoms with E-state index in [1.165, 1.54) is 6.07 Å². The van der Waals surface area contributed by atoms with E-state index < -0.39 is 5.82 Å². The summed E-state index contributed by atoms with van der Waals surface area (Å²) in [4.78, 5) is 23.6. The number of aldehydes is 1. The molecule has 0 N–H and O–H groups in total. The third-order valence-electron chi connectivity index (χ3n) is 3.34. The second-order valence-corrected chi connectivity index (χ2v) is 5.66. The molecule has 2 aromatic carbocycles. The first-order chi connectivity index (χ1) is 10.6. The predicted octanol–water partition coefficient (Wildman–Crippen LogP) is 3.16. The number of carbonyl (C=O) groups is 1. The van der Waals surface area contributed by atoms with Crippen molar-refractivity contribution in [3.8, 4) is 0 Å². The summed E-state index contributed by atoms with van der Waals surface area (Å²) in [7, 11) is 0. The average Bonchev–Trinajstić information content (AvgIpc) is 2.52. The van der Waals surface area contributed by atoms with Crippen molar-refractivity contribution >= 4 is 33.0 Å². The molecule has 0 bridgehead atoms. The molecule has 0 saturated carbocycles. The van der Waals surface area contributed by atoms with Crippen LogP contribution in [0.25, 0.3) is 10.8 Å². The van der Waals surface area contributed by atoms with Gasteiger partial charge in [-0.15, -0.1) is 0 Å². The van der Waals surface area contributed by atoms with Crippen molar-refractivity contribution < 1.29 is 9.18 Å². The van der Waals surface area contributed by atoms with Gasteiger partial charge in [-0.1, -0.05) is 40.2 Å². The fourth-order valence-electron chi connectivity index (χ4n) is 2.27. The molecule has 6 heteroatoms. The van der Waals surface area contributed by atoms with E-state index in [1.54, 1.807) is 36.4 Å². The summed E-state index contributed by atoms with van der Waals surface area (Å²) in [5, 5.41) is 4.92. The molecule has 3 aromatic rings. The van der Waals surface area contributed by atoms with Gasteiger partial charge in [0.15, 0.2) is 6.29 Å². The Morgan fingerprint density at radius 1 is 1.18 bits per heavy atom. The quantitative estimate of drug-likeness (QED) is 0.674. The number of benzene rings is 2. The van der Waals surface area contributed by atoms with Gasteiger partial charge >= 0.3 is 0 Å². The summed E-state index contributed by atoms with van der Waals surface area (Å²) in [6.07, 6.45) is 0.593. The lowest BCUT2D eigenvalue weighted by atomic mass is 10.1. The molecule has 0 saturated heterocycles. The highest BCUT2D eigenvalue weighted by atomic mass is 79.9. The Morgan fingerprint density at radius 3 is 2.59 bits per heavy atom. The van der Waals surface area contributed by atoms with Gasteiger partial charge in [-0.2, -0.15) is 5.10 Å². The lowest BCUT2D eigenvalue weighted by molar-refractivity contribution is 0.111. The Bertz CT molecular complexity index is 937. The molecule has 1 aromatic heterocycles. The van der Waals surface area contributed by atoms with Crippen molar-refractivity contribution in [3.05, 3.63) is 74.4 Å². The molecule has 0 radical (unpaired) electrons. The van der Waals surface area contributed by atoms with Crippen LogP contribution in [0, 0.1) is 5.82 Å². The topological polar surface area (TPSA) is 52.0 Å². The Kier molecular flexibility index (Phi) is 3.85. The highest BCUT2D eigenvalue weighted by molar-refractivity contribution is 9.10. The van der Waals surface area contributed by atoms with Crippen molar-refractivity contribution in [2.75, 3.05) is 0 Å². The minimum absolute atomic E-state index is 0.0381. The van der Waals surface area contributed by atoms with Crippen LogP contribution in [0.15, 0.2) is 51.7 Å². The van der Waals surface area contributed by atoms with Gasteiger partial charge in [0.05, 0.1) is 11.9 Å². The molecule has 0 aliphatic carbocycles. The smallest absolute Gasteiger partial charge is 0.274 e. The van der Waals surface area contributed by atoms with Crippen molar-refractivity contribution in [2.24, 2.45) is 0 Å². The minimum Gasteiger partial charge on any atom is -0.296 e. The van der Waals surface area contributed by atoms with Gasteiger partial charge in [0.1, 0.15) is 11.5 Å². The van der Waals surface area contributed by atoms with Crippen molar-refractivity contribution in [2.45, 2.75) is 6.54 Å². The van der Waals surface area contributed by atoms with E-state index in [0.717, 1.165) is 4.68 Å². The molecule has 0 fully saturated rings. The molecule has 0 spiro atoms. The summed E-state index contributed by atoms with van der Waals surface area (Å²) in [5.41, 5.74) is 0.126. The number of hydrogen-bond donors (Lipinski definition) is 0. The number of hydrogen-bond acceptors (Lipinski definition) is 3. The van der Waals surface area contributed by atoms with E-state index in [4.69, 9.17) is 0 Å². The molecular weight excluding hydrogens is 351 g/mol. The minimum atomic E-state index is -0.441. The molecule has 0 aliphatic heterocycles. The van der Waals surface area contributed by atoms with Gasteiger partial charge < -0.3 is 0 Å². The third kappa shape index (κ3) is 2.57. The van der Waals surface area contributed by atoms with E-state index in [-0.39, 0.29) is 17.8 Å². The summed E-state index contributed by atoms with van der Waals surface area (Å²) < 4.78 is 15.6. The Balaban J connectivity index is 2.17. The fraction of sp³-hybridized carbons (Fsp3) is 0.0625. The van der Waals surface area contributed by atoms with Crippen LogP contribution >= 0.6 is 15.9 Å². The summed E-state index contributed by atoms with van der Waals surface area (Å²) in [5.74, 6) is -0.441.